The maximum atomic E-state index is 13.4. The second-order valence-corrected chi connectivity index (χ2v) is 9.60. The van der Waals surface area contributed by atoms with Crippen LogP contribution >= 0.6 is 0 Å². The zero-order valence-electron chi connectivity index (χ0n) is 19.3. The molecule has 0 saturated heterocycles. The lowest BCUT2D eigenvalue weighted by atomic mass is 9.93. The number of allylic oxidation sites excluding steroid dienone is 2. The fourth-order valence-electron chi connectivity index (χ4n) is 3.56. The standard InChI is InChI=1S/C21H27N5O6S/c1-8-9-18(23(6)22)16-10-17-19(11-15(16)12(2)3)24(13(4)27)21(30)25(20(17)29)26(14(5)28)33(7,31)32/h8-12H,1,22H2,2-7H3/b18-9-. The minimum atomic E-state index is -4.37. The van der Waals surface area contributed by atoms with Crippen LogP contribution in [0.5, 0.6) is 0 Å². The van der Waals surface area contributed by atoms with Crippen molar-refractivity contribution in [2.24, 2.45) is 5.84 Å². The Kier molecular flexibility index (Phi) is 7.14. The molecule has 0 spiro atoms. The fraction of sp³-hybridized carbons (Fsp3) is 0.333. The molecule has 0 aliphatic heterocycles. The van der Waals surface area contributed by atoms with Crippen molar-refractivity contribution in [3.8, 4) is 0 Å². The first kappa shape index (κ1) is 25.7. The van der Waals surface area contributed by atoms with Crippen molar-refractivity contribution in [3.05, 3.63) is 62.8 Å². The van der Waals surface area contributed by atoms with Gasteiger partial charge in [-0.05, 0) is 29.7 Å². The van der Waals surface area contributed by atoms with E-state index in [9.17, 15) is 27.6 Å². The van der Waals surface area contributed by atoms with Crippen LogP contribution in [0.1, 0.15) is 49.5 Å². The van der Waals surface area contributed by atoms with Crippen LogP contribution < -0.4 is 21.5 Å². The number of sulfonamides is 1. The third-order valence-electron chi connectivity index (χ3n) is 4.84. The molecule has 0 atom stereocenters. The third-order valence-corrected chi connectivity index (χ3v) is 5.89. The van der Waals surface area contributed by atoms with Crippen molar-refractivity contribution < 1.29 is 18.0 Å². The molecule has 0 aliphatic carbocycles. The van der Waals surface area contributed by atoms with Crippen LogP contribution in [0.4, 0.5) is 0 Å². The van der Waals surface area contributed by atoms with Gasteiger partial charge in [0.25, 0.3) is 21.5 Å². The maximum Gasteiger partial charge on any atom is 0.358 e. The number of benzene rings is 1. The van der Waals surface area contributed by atoms with Gasteiger partial charge < -0.3 is 5.01 Å². The number of hydrogen-bond donors (Lipinski definition) is 1. The Morgan fingerprint density at radius 1 is 1.18 bits per heavy atom. The van der Waals surface area contributed by atoms with Gasteiger partial charge in [0, 0.05) is 26.5 Å². The van der Waals surface area contributed by atoms with E-state index < -0.39 is 33.1 Å². The van der Waals surface area contributed by atoms with Crippen LogP contribution in [-0.4, -0.2) is 47.8 Å². The molecule has 0 bridgehead atoms. The number of carbonyl (C=O) groups is 2. The van der Waals surface area contributed by atoms with Gasteiger partial charge in [0.2, 0.25) is 5.91 Å². The van der Waals surface area contributed by atoms with E-state index in [0.29, 0.717) is 27.6 Å². The normalized spacial score (nSPS) is 12.2. The molecular formula is C21H27N5O6S. The molecule has 0 unspecified atom stereocenters. The van der Waals surface area contributed by atoms with E-state index in [2.05, 4.69) is 6.58 Å². The molecule has 0 saturated carbocycles. The molecule has 12 heteroatoms. The van der Waals surface area contributed by atoms with Crippen molar-refractivity contribution in [2.45, 2.75) is 33.6 Å². The topological polar surface area (TPSA) is 145 Å². The average Bonchev–Trinajstić information content (AvgIpc) is 2.66. The van der Waals surface area contributed by atoms with E-state index in [0.717, 1.165) is 13.8 Å². The molecule has 178 valence electrons. The third kappa shape index (κ3) is 4.66. The van der Waals surface area contributed by atoms with Gasteiger partial charge in [-0.2, -0.15) is 0 Å². The molecule has 33 heavy (non-hydrogen) atoms. The number of nitrogens with zero attached hydrogens (tertiary/aromatic N) is 4. The molecule has 0 fully saturated rings. The van der Waals surface area contributed by atoms with Gasteiger partial charge in [-0.3, -0.25) is 14.4 Å². The first-order chi connectivity index (χ1) is 15.1. The molecule has 2 N–H and O–H groups in total. The second-order valence-electron chi connectivity index (χ2n) is 7.79. The average molecular weight is 478 g/mol. The summed E-state index contributed by atoms with van der Waals surface area (Å²) in [7, 11) is -2.79. The number of hydrogen-bond acceptors (Lipinski definition) is 8. The van der Waals surface area contributed by atoms with E-state index in [-0.39, 0.29) is 25.9 Å². The van der Waals surface area contributed by atoms with E-state index in [1.807, 2.05) is 13.8 Å². The Morgan fingerprint density at radius 3 is 2.15 bits per heavy atom. The van der Waals surface area contributed by atoms with Crippen LogP contribution in [0.15, 0.2) is 40.5 Å². The monoisotopic (exact) mass is 477 g/mol. The summed E-state index contributed by atoms with van der Waals surface area (Å²) in [5, 5.41) is 1.16. The summed E-state index contributed by atoms with van der Waals surface area (Å²) in [5.41, 5.74) is -0.716. The molecule has 1 heterocycles. The van der Waals surface area contributed by atoms with Crippen LogP contribution in [0.25, 0.3) is 16.6 Å². The van der Waals surface area contributed by atoms with E-state index in [1.165, 1.54) is 23.2 Å². The van der Waals surface area contributed by atoms with Gasteiger partial charge in [-0.1, -0.05) is 26.5 Å². The lowest BCUT2D eigenvalue weighted by Gasteiger charge is -2.24. The Morgan fingerprint density at radius 2 is 1.76 bits per heavy atom. The fourth-order valence-corrected chi connectivity index (χ4v) is 4.46. The molecule has 1 aromatic heterocycles. The molecule has 2 aromatic rings. The Bertz CT molecular complexity index is 1410. The van der Waals surface area contributed by atoms with Gasteiger partial charge in [-0.15, -0.1) is 9.09 Å². The van der Waals surface area contributed by atoms with Crippen LogP contribution in [0, 0.1) is 0 Å². The first-order valence-corrected chi connectivity index (χ1v) is 11.7. The van der Waals surface area contributed by atoms with E-state index >= 15 is 0 Å². The molecule has 0 aliphatic rings. The van der Waals surface area contributed by atoms with Gasteiger partial charge in [0.05, 0.1) is 22.9 Å². The van der Waals surface area contributed by atoms with Crippen LogP contribution in [-0.2, 0) is 14.8 Å². The maximum absolute atomic E-state index is 13.4. The summed E-state index contributed by atoms with van der Waals surface area (Å²) in [4.78, 5) is 51.1. The minimum Gasteiger partial charge on any atom is -0.314 e. The highest BCUT2D eigenvalue weighted by Gasteiger charge is 2.29. The number of hydrazine groups is 1. The van der Waals surface area contributed by atoms with Crippen LogP contribution in [0.2, 0.25) is 0 Å². The van der Waals surface area contributed by atoms with Crippen molar-refractivity contribution >= 4 is 38.4 Å². The number of rotatable bonds is 6. The quantitative estimate of drug-likeness (QED) is 0.364. The highest BCUT2D eigenvalue weighted by molar-refractivity contribution is 7.92. The lowest BCUT2D eigenvalue weighted by molar-refractivity contribution is -0.116. The molecule has 0 radical (unpaired) electrons. The summed E-state index contributed by atoms with van der Waals surface area (Å²) in [6.45, 7) is 9.41. The minimum absolute atomic E-state index is 0.0177. The summed E-state index contributed by atoms with van der Waals surface area (Å²) < 4.78 is 25.4. The number of carbonyl (C=O) groups excluding carboxylic acids is 2. The number of fused-ring (bicyclic) bond motifs is 1. The Balaban J connectivity index is 3.28. The first-order valence-electron chi connectivity index (χ1n) is 9.84. The smallest absolute Gasteiger partial charge is 0.314 e. The second kappa shape index (κ2) is 9.16. The number of amides is 1. The van der Waals surface area contributed by atoms with Gasteiger partial charge in [-0.25, -0.2) is 23.6 Å². The zero-order valence-corrected chi connectivity index (χ0v) is 20.1. The SMILES string of the molecule is C=C/C=C(/c1cc2c(=O)n(N(C(C)=O)S(C)(=O)=O)c(=O)n(C(C)=O)c2cc1C(C)C)N(C)N. The Labute approximate surface area is 191 Å². The predicted octanol–water partition coefficient (Wildman–Crippen LogP) is 0.723. The van der Waals surface area contributed by atoms with Crippen molar-refractivity contribution in [3.63, 3.8) is 0 Å². The van der Waals surface area contributed by atoms with E-state index in [1.54, 1.807) is 13.1 Å². The number of nitrogens with two attached hydrogens (primary N) is 1. The largest absolute Gasteiger partial charge is 0.358 e. The lowest BCUT2D eigenvalue weighted by Crippen LogP contribution is -2.57. The summed E-state index contributed by atoms with van der Waals surface area (Å²) in [6, 6.07) is 2.94. The van der Waals surface area contributed by atoms with Crippen molar-refractivity contribution in [2.75, 3.05) is 17.7 Å². The number of aromatic nitrogens is 2. The highest BCUT2D eigenvalue weighted by atomic mass is 32.2. The molecular weight excluding hydrogens is 450 g/mol. The Hall–Kier alpha value is -3.51. The summed E-state index contributed by atoms with van der Waals surface area (Å²) in [6.07, 6.45) is 3.79. The van der Waals surface area contributed by atoms with Gasteiger partial charge in [0.1, 0.15) is 0 Å². The zero-order chi connectivity index (χ0) is 25.4. The van der Waals surface area contributed by atoms with Gasteiger partial charge in [0.15, 0.2) is 0 Å². The summed E-state index contributed by atoms with van der Waals surface area (Å²) in [5.74, 6) is 4.00. The summed E-state index contributed by atoms with van der Waals surface area (Å²) >= 11 is 0. The van der Waals surface area contributed by atoms with Gasteiger partial charge >= 0.3 is 5.69 Å². The molecule has 2 rings (SSSR count). The highest BCUT2D eigenvalue weighted by Crippen LogP contribution is 2.30. The van der Waals surface area contributed by atoms with Crippen LogP contribution in [0.3, 0.4) is 0 Å². The molecule has 1 amide bonds. The van der Waals surface area contributed by atoms with Crippen molar-refractivity contribution in [1.82, 2.24) is 14.3 Å². The molecule has 11 nitrogen and oxygen atoms in total. The molecule has 1 aromatic carbocycles. The van der Waals surface area contributed by atoms with Crippen molar-refractivity contribution in [1.29, 1.82) is 0 Å². The predicted molar refractivity (Wildman–Crippen MR) is 127 cm³/mol. The van der Waals surface area contributed by atoms with E-state index in [4.69, 9.17) is 5.84 Å².